The third-order valence-corrected chi connectivity index (χ3v) is 6.30. The van der Waals surface area contributed by atoms with Crippen molar-refractivity contribution in [1.29, 1.82) is 0 Å². The summed E-state index contributed by atoms with van der Waals surface area (Å²) in [6, 6.07) is 16.0. The molecule has 3 aromatic rings. The SMILES string of the molecule is CCOc1cc(/C=N\NC(=O)c2cc(Br)ccc2OC)ccc1OS(=O)(=O)c1ccc(C)cc1. The van der Waals surface area contributed by atoms with Gasteiger partial charge in [0.2, 0.25) is 0 Å². The number of amides is 1. The molecule has 0 heterocycles. The van der Waals surface area contributed by atoms with Crippen LogP contribution in [-0.2, 0) is 10.1 Å². The molecule has 3 rings (SSSR count). The second-order valence-electron chi connectivity index (χ2n) is 7.03. The number of hydrogen-bond acceptors (Lipinski definition) is 7. The van der Waals surface area contributed by atoms with Crippen LogP contribution in [0.3, 0.4) is 0 Å². The molecule has 0 saturated carbocycles. The molecular weight excluding hydrogens is 524 g/mol. The van der Waals surface area contributed by atoms with Gasteiger partial charge in [-0.2, -0.15) is 13.5 Å². The lowest BCUT2D eigenvalue weighted by molar-refractivity contribution is 0.0952. The molecule has 0 bridgehead atoms. The van der Waals surface area contributed by atoms with Crippen molar-refractivity contribution in [1.82, 2.24) is 5.43 Å². The lowest BCUT2D eigenvalue weighted by Crippen LogP contribution is -2.18. The van der Waals surface area contributed by atoms with Gasteiger partial charge in [0.05, 0.1) is 25.5 Å². The predicted molar refractivity (Wildman–Crippen MR) is 132 cm³/mol. The van der Waals surface area contributed by atoms with Gasteiger partial charge in [0.15, 0.2) is 11.5 Å². The van der Waals surface area contributed by atoms with Crippen LogP contribution in [0.25, 0.3) is 0 Å². The van der Waals surface area contributed by atoms with Gasteiger partial charge >= 0.3 is 10.1 Å². The van der Waals surface area contributed by atoms with E-state index < -0.39 is 16.0 Å². The summed E-state index contributed by atoms with van der Waals surface area (Å²) < 4.78 is 42.1. The summed E-state index contributed by atoms with van der Waals surface area (Å²) in [5.74, 6) is 0.221. The number of benzene rings is 3. The number of halogens is 1. The number of rotatable bonds is 9. The van der Waals surface area contributed by atoms with E-state index in [4.69, 9.17) is 13.7 Å². The van der Waals surface area contributed by atoms with E-state index in [2.05, 4.69) is 26.5 Å². The minimum absolute atomic E-state index is 0.0388. The zero-order chi connectivity index (χ0) is 24.7. The fourth-order valence-corrected chi connectivity index (χ4v) is 4.20. The molecule has 0 atom stereocenters. The monoisotopic (exact) mass is 546 g/mol. The molecule has 1 N–H and O–H groups in total. The molecule has 0 aliphatic carbocycles. The van der Waals surface area contributed by atoms with E-state index in [1.165, 1.54) is 31.5 Å². The molecule has 10 heteroatoms. The Hall–Kier alpha value is -3.37. The van der Waals surface area contributed by atoms with E-state index in [1.54, 1.807) is 49.4 Å². The number of aryl methyl sites for hydroxylation is 1. The summed E-state index contributed by atoms with van der Waals surface area (Å²) in [6.45, 7) is 3.92. The third-order valence-electron chi connectivity index (χ3n) is 4.56. The highest BCUT2D eigenvalue weighted by atomic mass is 79.9. The molecule has 3 aromatic carbocycles. The van der Waals surface area contributed by atoms with Crippen molar-refractivity contribution in [2.75, 3.05) is 13.7 Å². The normalized spacial score (nSPS) is 11.3. The number of nitrogens with one attached hydrogen (secondary N) is 1. The Balaban J connectivity index is 1.77. The van der Waals surface area contributed by atoms with Gasteiger partial charge < -0.3 is 13.7 Å². The number of carbonyl (C=O) groups excluding carboxylic acids is 1. The summed E-state index contributed by atoms with van der Waals surface area (Å²) >= 11 is 3.32. The highest BCUT2D eigenvalue weighted by Gasteiger charge is 2.19. The van der Waals surface area contributed by atoms with Gasteiger partial charge in [0.25, 0.3) is 5.91 Å². The van der Waals surface area contributed by atoms with Gasteiger partial charge in [-0.3, -0.25) is 4.79 Å². The zero-order valence-corrected chi connectivity index (χ0v) is 21.1. The number of hydrazone groups is 1. The van der Waals surface area contributed by atoms with Crippen LogP contribution in [-0.4, -0.2) is 34.3 Å². The van der Waals surface area contributed by atoms with Crippen LogP contribution >= 0.6 is 15.9 Å². The van der Waals surface area contributed by atoms with Gasteiger partial charge in [-0.25, -0.2) is 5.43 Å². The molecule has 0 spiro atoms. The molecule has 0 fully saturated rings. The molecule has 0 aliphatic rings. The number of nitrogens with zero attached hydrogens (tertiary/aromatic N) is 1. The predicted octanol–water partition coefficient (Wildman–Crippen LogP) is 4.70. The van der Waals surface area contributed by atoms with Crippen LogP contribution in [0.4, 0.5) is 0 Å². The zero-order valence-electron chi connectivity index (χ0n) is 18.7. The number of carbonyl (C=O) groups is 1. The minimum atomic E-state index is -4.04. The van der Waals surface area contributed by atoms with Crippen molar-refractivity contribution in [3.05, 3.63) is 81.8 Å². The summed E-state index contributed by atoms with van der Waals surface area (Å²) in [5, 5.41) is 3.97. The van der Waals surface area contributed by atoms with Crippen molar-refractivity contribution in [3.8, 4) is 17.2 Å². The first-order valence-corrected chi connectivity index (χ1v) is 12.4. The van der Waals surface area contributed by atoms with Crippen molar-refractivity contribution >= 4 is 38.2 Å². The van der Waals surface area contributed by atoms with Gasteiger partial charge in [0, 0.05) is 4.47 Å². The van der Waals surface area contributed by atoms with E-state index in [0.717, 1.165) is 10.0 Å². The Morgan fingerprint density at radius 3 is 2.41 bits per heavy atom. The highest BCUT2D eigenvalue weighted by Crippen LogP contribution is 2.31. The first-order chi connectivity index (χ1) is 16.2. The van der Waals surface area contributed by atoms with Gasteiger partial charge in [0.1, 0.15) is 10.6 Å². The van der Waals surface area contributed by atoms with Crippen LogP contribution in [0, 0.1) is 6.92 Å². The smallest absolute Gasteiger partial charge is 0.339 e. The van der Waals surface area contributed by atoms with Gasteiger partial charge in [-0.1, -0.05) is 33.6 Å². The molecule has 34 heavy (non-hydrogen) atoms. The Labute approximate surface area is 206 Å². The van der Waals surface area contributed by atoms with Crippen molar-refractivity contribution in [2.24, 2.45) is 5.10 Å². The summed E-state index contributed by atoms with van der Waals surface area (Å²) in [7, 11) is -2.57. The lowest BCUT2D eigenvalue weighted by Gasteiger charge is -2.12. The van der Waals surface area contributed by atoms with Crippen molar-refractivity contribution in [2.45, 2.75) is 18.7 Å². The maximum absolute atomic E-state index is 12.6. The molecule has 0 saturated heterocycles. The molecule has 0 unspecified atom stereocenters. The quantitative estimate of drug-likeness (QED) is 0.237. The fraction of sp³-hybridized carbons (Fsp3) is 0.167. The maximum atomic E-state index is 12.6. The Kier molecular flexibility index (Phi) is 8.30. The Bertz CT molecular complexity index is 1310. The van der Waals surface area contributed by atoms with Gasteiger partial charge in [-0.05, 0) is 67.9 Å². The van der Waals surface area contributed by atoms with E-state index in [0.29, 0.717) is 23.5 Å². The molecule has 0 aliphatic heterocycles. The van der Waals surface area contributed by atoms with Crippen LogP contribution in [0.15, 0.2) is 75.1 Å². The first-order valence-electron chi connectivity index (χ1n) is 10.2. The lowest BCUT2D eigenvalue weighted by atomic mass is 10.2. The molecule has 0 aromatic heterocycles. The Morgan fingerprint density at radius 1 is 1.03 bits per heavy atom. The standard InChI is InChI=1S/C24H23BrN2O6S/c1-4-32-23-13-17(15-26-27-24(28)20-14-18(25)8-12-21(20)31-3)7-11-22(23)33-34(29,30)19-9-5-16(2)6-10-19/h5-15H,4H2,1-3H3,(H,27,28)/b26-15-. The molecule has 178 valence electrons. The average molecular weight is 547 g/mol. The largest absolute Gasteiger partial charge is 0.496 e. The number of hydrogen-bond donors (Lipinski definition) is 1. The second kappa shape index (κ2) is 11.2. The average Bonchev–Trinajstić information content (AvgIpc) is 2.81. The maximum Gasteiger partial charge on any atom is 0.339 e. The van der Waals surface area contributed by atoms with Crippen LogP contribution < -0.4 is 19.1 Å². The van der Waals surface area contributed by atoms with Crippen LogP contribution in [0.2, 0.25) is 0 Å². The van der Waals surface area contributed by atoms with Crippen molar-refractivity contribution < 1.29 is 26.9 Å². The van der Waals surface area contributed by atoms with Crippen LogP contribution in [0.5, 0.6) is 17.2 Å². The number of ether oxygens (including phenoxy) is 2. The number of methoxy groups -OCH3 is 1. The van der Waals surface area contributed by atoms with E-state index in [9.17, 15) is 13.2 Å². The molecule has 0 radical (unpaired) electrons. The first kappa shape index (κ1) is 25.3. The van der Waals surface area contributed by atoms with E-state index in [1.807, 2.05) is 6.92 Å². The highest BCUT2D eigenvalue weighted by molar-refractivity contribution is 9.10. The fourth-order valence-electron chi connectivity index (χ4n) is 2.90. The molecule has 1 amide bonds. The molecular formula is C24H23BrN2O6S. The van der Waals surface area contributed by atoms with Gasteiger partial charge in [-0.15, -0.1) is 0 Å². The Morgan fingerprint density at radius 2 is 1.74 bits per heavy atom. The van der Waals surface area contributed by atoms with Crippen molar-refractivity contribution in [3.63, 3.8) is 0 Å². The molecule has 8 nitrogen and oxygen atoms in total. The topological polar surface area (TPSA) is 103 Å². The summed E-state index contributed by atoms with van der Waals surface area (Å²) in [5.41, 5.74) is 4.25. The summed E-state index contributed by atoms with van der Waals surface area (Å²) in [4.78, 5) is 12.5. The summed E-state index contributed by atoms with van der Waals surface area (Å²) in [6.07, 6.45) is 1.41. The van der Waals surface area contributed by atoms with Crippen LogP contribution in [0.1, 0.15) is 28.4 Å². The minimum Gasteiger partial charge on any atom is -0.496 e. The third kappa shape index (κ3) is 6.36. The van der Waals surface area contributed by atoms with E-state index >= 15 is 0 Å². The van der Waals surface area contributed by atoms with E-state index in [-0.39, 0.29) is 16.4 Å². The second-order valence-corrected chi connectivity index (χ2v) is 9.50.